The first-order valence-electron chi connectivity index (χ1n) is 6.05. The number of rotatable bonds is 4. The average molecular weight is 258 g/mol. The van der Waals surface area contributed by atoms with Crippen molar-refractivity contribution in [3.63, 3.8) is 0 Å². The second-order valence-corrected chi connectivity index (χ2v) is 5.35. The topological polar surface area (TPSA) is 52.0 Å². The summed E-state index contributed by atoms with van der Waals surface area (Å²) in [4.78, 5) is 0. The molecule has 0 heterocycles. The predicted molar refractivity (Wildman–Crippen MR) is 80.4 cm³/mol. The van der Waals surface area contributed by atoms with Gasteiger partial charge in [-0.3, -0.25) is 0 Å². The molecule has 2 atom stereocenters. The zero-order valence-corrected chi connectivity index (χ0v) is 11.4. The van der Waals surface area contributed by atoms with Gasteiger partial charge in [0, 0.05) is 12.6 Å². The Morgan fingerprint density at radius 2 is 1.28 bits per heavy atom. The molecule has 18 heavy (non-hydrogen) atoms. The van der Waals surface area contributed by atoms with Gasteiger partial charge in [-0.1, -0.05) is 60.7 Å². The maximum Gasteiger partial charge on any atom is 0.0506 e. The van der Waals surface area contributed by atoms with Crippen molar-refractivity contribution in [3.8, 4) is 0 Å². The summed E-state index contributed by atoms with van der Waals surface area (Å²) in [5, 5.41) is -0.336. The summed E-state index contributed by atoms with van der Waals surface area (Å²) in [7, 11) is 2.90. The van der Waals surface area contributed by atoms with Gasteiger partial charge in [0.1, 0.15) is 0 Å². The summed E-state index contributed by atoms with van der Waals surface area (Å²) < 4.78 is 0. The van der Waals surface area contributed by atoms with E-state index in [-0.39, 0.29) is 11.2 Å². The van der Waals surface area contributed by atoms with Crippen LogP contribution in [0.3, 0.4) is 0 Å². The van der Waals surface area contributed by atoms with E-state index in [1.807, 2.05) is 36.4 Å². The van der Waals surface area contributed by atoms with Gasteiger partial charge in [-0.05, 0) is 11.1 Å². The van der Waals surface area contributed by atoms with E-state index < -0.39 is 0 Å². The van der Waals surface area contributed by atoms with Gasteiger partial charge in [-0.2, -0.15) is 0 Å². The van der Waals surface area contributed by atoms with Gasteiger partial charge in [-0.25, -0.2) is 0 Å². The smallest absolute Gasteiger partial charge is 0.0506 e. The van der Waals surface area contributed by atoms with Crippen LogP contribution in [0.2, 0.25) is 0 Å². The van der Waals surface area contributed by atoms with Crippen LogP contribution in [0.1, 0.15) is 11.1 Å². The molecular formula is C15H19N2P. The minimum absolute atomic E-state index is 0.146. The quantitative estimate of drug-likeness (QED) is 0.825. The monoisotopic (exact) mass is 258 g/mol. The summed E-state index contributed by atoms with van der Waals surface area (Å²) in [6.07, 6.45) is 0. The Labute approximate surface area is 111 Å². The van der Waals surface area contributed by atoms with E-state index in [1.54, 1.807) is 0 Å². The van der Waals surface area contributed by atoms with Gasteiger partial charge in [0.05, 0.1) is 5.16 Å². The first-order chi connectivity index (χ1) is 8.69. The van der Waals surface area contributed by atoms with Crippen molar-refractivity contribution in [3.05, 3.63) is 71.8 Å². The highest BCUT2D eigenvalue weighted by Crippen LogP contribution is 2.40. The largest absolute Gasteiger partial charge is 0.329 e. The fourth-order valence-electron chi connectivity index (χ4n) is 2.21. The van der Waals surface area contributed by atoms with Crippen molar-refractivity contribution in [2.45, 2.75) is 11.2 Å². The lowest BCUT2D eigenvalue weighted by molar-refractivity contribution is 0.558. The molecule has 2 nitrogen and oxygen atoms in total. The molecule has 2 aromatic carbocycles. The zero-order valence-electron chi connectivity index (χ0n) is 10.3. The third-order valence-electron chi connectivity index (χ3n) is 3.34. The molecule has 0 saturated heterocycles. The van der Waals surface area contributed by atoms with Crippen LogP contribution in [-0.2, 0) is 5.16 Å². The number of hydrogen-bond donors (Lipinski definition) is 2. The molecule has 2 aromatic rings. The van der Waals surface area contributed by atoms with E-state index in [4.69, 9.17) is 11.5 Å². The van der Waals surface area contributed by atoms with E-state index in [1.165, 1.54) is 11.1 Å². The highest BCUT2D eigenvalue weighted by Gasteiger charge is 2.34. The molecule has 3 heteroatoms. The van der Waals surface area contributed by atoms with Crippen molar-refractivity contribution in [2.75, 3.05) is 6.54 Å². The van der Waals surface area contributed by atoms with Crippen LogP contribution in [0, 0.1) is 0 Å². The number of nitrogens with two attached hydrogens (primary N) is 2. The molecular weight excluding hydrogens is 239 g/mol. The SMILES string of the molecule is NCC(N)C(P)(c1ccccc1)c1ccccc1. The van der Waals surface area contributed by atoms with Crippen LogP contribution in [0.4, 0.5) is 0 Å². The molecule has 0 aliphatic heterocycles. The van der Waals surface area contributed by atoms with E-state index in [0.29, 0.717) is 6.54 Å². The normalized spacial score (nSPS) is 13.3. The number of hydrogen-bond acceptors (Lipinski definition) is 2. The minimum atomic E-state index is -0.336. The van der Waals surface area contributed by atoms with Crippen molar-refractivity contribution in [1.82, 2.24) is 0 Å². The Morgan fingerprint density at radius 3 is 1.61 bits per heavy atom. The van der Waals surface area contributed by atoms with Crippen LogP contribution >= 0.6 is 9.24 Å². The van der Waals surface area contributed by atoms with Gasteiger partial charge in [0.2, 0.25) is 0 Å². The second-order valence-electron chi connectivity index (χ2n) is 4.44. The van der Waals surface area contributed by atoms with Gasteiger partial charge >= 0.3 is 0 Å². The Hall–Kier alpha value is -1.21. The molecule has 0 aliphatic carbocycles. The first kappa shape index (κ1) is 13.2. The third-order valence-corrected chi connectivity index (χ3v) is 4.44. The molecule has 94 valence electrons. The summed E-state index contributed by atoms with van der Waals surface area (Å²) in [6.45, 7) is 0.438. The van der Waals surface area contributed by atoms with E-state index in [9.17, 15) is 0 Å². The predicted octanol–water partition coefficient (Wildman–Crippen LogP) is 2.09. The van der Waals surface area contributed by atoms with Crippen molar-refractivity contribution in [2.24, 2.45) is 11.5 Å². The van der Waals surface area contributed by atoms with E-state index in [2.05, 4.69) is 33.5 Å². The Bertz CT molecular complexity index is 445. The molecule has 0 amide bonds. The van der Waals surface area contributed by atoms with Gasteiger partial charge in [0.15, 0.2) is 0 Å². The molecule has 0 spiro atoms. The molecule has 0 bridgehead atoms. The molecule has 0 radical (unpaired) electrons. The Balaban J connectivity index is 2.55. The maximum absolute atomic E-state index is 6.27. The maximum atomic E-state index is 6.27. The van der Waals surface area contributed by atoms with Crippen molar-refractivity contribution >= 4 is 9.24 Å². The lowest BCUT2D eigenvalue weighted by Gasteiger charge is -2.36. The standard InChI is InChI=1S/C15H19N2P/c16-11-14(17)15(18,12-7-3-1-4-8-12)13-9-5-2-6-10-13/h1-10,14H,11,16-18H2. The molecule has 4 N–H and O–H groups in total. The first-order valence-corrected chi connectivity index (χ1v) is 6.63. The fraction of sp³-hybridized carbons (Fsp3) is 0.200. The lowest BCUT2D eigenvalue weighted by atomic mass is 9.84. The summed E-state index contributed by atoms with van der Waals surface area (Å²) >= 11 is 0. The van der Waals surface area contributed by atoms with Crippen molar-refractivity contribution < 1.29 is 0 Å². The van der Waals surface area contributed by atoms with E-state index in [0.717, 1.165) is 0 Å². The van der Waals surface area contributed by atoms with Gasteiger partial charge in [0.25, 0.3) is 0 Å². The molecule has 0 aromatic heterocycles. The summed E-state index contributed by atoms with van der Waals surface area (Å²) in [5.74, 6) is 0. The minimum Gasteiger partial charge on any atom is -0.329 e. The second kappa shape index (κ2) is 5.62. The third kappa shape index (κ3) is 2.32. The lowest BCUT2D eigenvalue weighted by Crippen LogP contribution is -2.46. The highest BCUT2D eigenvalue weighted by atomic mass is 31.0. The Kier molecular flexibility index (Phi) is 4.13. The molecule has 2 unspecified atom stereocenters. The molecule has 0 aliphatic rings. The summed E-state index contributed by atoms with van der Waals surface area (Å²) in [5.41, 5.74) is 14.4. The zero-order chi connectivity index (χ0) is 13.0. The fourth-order valence-corrected chi connectivity index (χ4v) is 2.73. The average Bonchev–Trinajstić information content (AvgIpc) is 2.47. The van der Waals surface area contributed by atoms with Crippen LogP contribution < -0.4 is 11.5 Å². The molecule has 0 fully saturated rings. The van der Waals surface area contributed by atoms with E-state index >= 15 is 0 Å². The molecule has 2 rings (SSSR count). The van der Waals surface area contributed by atoms with Crippen molar-refractivity contribution in [1.29, 1.82) is 0 Å². The summed E-state index contributed by atoms with van der Waals surface area (Å²) in [6, 6.07) is 20.4. The van der Waals surface area contributed by atoms with Crippen LogP contribution in [0.15, 0.2) is 60.7 Å². The molecule has 0 saturated carbocycles. The van der Waals surface area contributed by atoms with Gasteiger partial charge in [-0.15, -0.1) is 9.24 Å². The van der Waals surface area contributed by atoms with Crippen LogP contribution in [0.25, 0.3) is 0 Å². The highest BCUT2D eigenvalue weighted by molar-refractivity contribution is 7.19. The van der Waals surface area contributed by atoms with Crippen LogP contribution in [0.5, 0.6) is 0 Å². The Morgan fingerprint density at radius 1 is 0.889 bits per heavy atom. The number of benzene rings is 2. The van der Waals surface area contributed by atoms with Gasteiger partial charge < -0.3 is 11.5 Å². The van der Waals surface area contributed by atoms with Crippen LogP contribution in [-0.4, -0.2) is 12.6 Å².